The van der Waals surface area contributed by atoms with Gasteiger partial charge in [-0.25, -0.2) is 5.06 Å². The van der Waals surface area contributed by atoms with Crippen LogP contribution in [0.1, 0.15) is 24.5 Å². The summed E-state index contributed by atoms with van der Waals surface area (Å²) in [4.78, 5) is 0.620. The molecule has 0 fully saturated rings. The summed E-state index contributed by atoms with van der Waals surface area (Å²) in [5, 5.41) is 34.1. The van der Waals surface area contributed by atoms with E-state index in [-0.39, 0.29) is 0 Å². The highest BCUT2D eigenvalue weighted by Gasteiger charge is 2.44. The molecule has 1 aliphatic carbocycles. The first-order valence-electron chi connectivity index (χ1n) is 7.25. The Labute approximate surface area is 123 Å². The van der Waals surface area contributed by atoms with Crippen LogP contribution in [-0.2, 0) is 12.8 Å². The first-order valence-corrected chi connectivity index (χ1v) is 7.25. The Morgan fingerprint density at radius 3 is 2.67 bits per heavy atom. The van der Waals surface area contributed by atoms with E-state index >= 15 is 0 Å². The SMILES string of the molecule is CCC1(NC)N=[N+]([O-])c2cc3c(cc2N1O)CC(NC)C3. The van der Waals surface area contributed by atoms with Crippen LogP contribution < -0.4 is 15.7 Å². The van der Waals surface area contributed by atoms with E-state index in [0.717, 1.165) is 23.5 Å². The van der Waals surface area contributed by atoms with Crippen molar-refractivity contribution in [2.45, 2.75) is 38.0 Å². The monoisotopic (exact) mass is 291 g/mol. The molecule has 1 aliphatic heterocycles. The first-order chi connectivity index (χ1) is 10.0. The molecular formula is C14H21N5O2. The third-order valence-corrected chi connectivity index (χ3v) is 4.57. The maximum atomic E-state index is 12.3. The maximum absolute atomic E-state index is 12.3. The summed E-state index contributed by atoms with van der Waals surface area (Å²) in [5.41, 5.74) is 3.22. The van der Waals surface area contributed by atoms with Crippen molar-refractivity contribution in [3.63, 3.8) is 0 Å². The largest absolute Gasteiger partial charge is 0.594 e. The van der Waals surface area contributed by atoms with Crippen LogP contribution >= 0.6 is 0 Å². The van der Waals surface area contributed by atoms with Crippen molar-refractivity contribution in [2.75, 3.05) is 19.2 Å². The second-order valence-electron chi connectivity index (χ2n) is 5.61. The lowest BCUT2D eigenvalue weighted by Crippen LogP contribution is -2.57. The molecule has 3 N–H and O–H groups in total. The molecule has 3 rings (SSSR count). The summed E-state index contributed by atoms with van der Waals surface area (Å²) in [7, 11) is 3.62. The number of hydroxylamine groups is 1. The minimum absolute atomic E-state index is 0.383. The van der Waals surface area contributed by atoms with Gasteiger partial charge in [-0.2, -0.15) is 0 Å². The lowest BCUT2D eigenvalue weighted by atomic mass is 10.1. The Bertz CT molecular complexity index is 597. The Kier molecular flexibility index (Phi) is 3.35. The van der Waals surface area contributed by atoms with E-state index in [2.05, 4.69) is 15.7 Å². The Hall–Kier alpha value is -1.70. The van der Waals surface area contributed by atoms with E-state index in [4.69, 9.17) is 0 Å². The number of nitrogens with zero attached hydrogens (tertiary/aromatic N) is 3. The number of nitrogens with one attached hydrogen (secondary N) is 2. The zero-order valence-electron chi connectivity index (χ0n) is 12.6. The van der Waals surface area contributed by atoms with E-state index in [1.165, 1.54) is 5.56 Å². The van der Waals surface area contributed by atoms with E-state index in [1.807, 2.05) is 26.1 Å². The Balaban J connectivity index is 2.09. The number of anilines is 1. The van der Waals surface area contributed by atoms with Gasteiger partial charge in [0.2, 0.25) is 0 Å². The van der Waals surface area contributed by atoms with Gasteiger partial charge in [0.15, 0.2) is 0 Å². The summed E-state index contributed by atoms with van der Waals surface area (Å²) < 4.78 is 0. The molecule has 0 bridgehead atoms. The highest BCUT2D eigenvalue weighted by atomic mass is 16.5. The number of hydrogen-bond acceptors (Lipinski definition) is 6. The number of hydrogen-bond donors (Lipinski definition) is 3. The normalized spacial score (nSPS) is 27.3. The highest BCUT2D eigenvalue weighted by molar-refractivity contribution is 5.67. The predicted molar refractivity (Wildman–Crippen MR) is 78.8 cm³/mol. The third kappa shape index (κ3) is 2.00. The summed E-state index contributed by atoms with van der Waals surface area (Å²) in [6, 6.07) is 4.13. The fourth-order valence-electron chi connectivity index (χ4n) is 3.17. The van der Waals surface area contributed by atoms with Crippen molar-refractivity contribution in [1.29, 1.82) is 0 Å². The second-order valence-corrected chi connectivity index (χ2v) is 5.61. The van der Waals surface area contributed by atoms with Gasteiger partial charge in [-0.1, -0.05) is 6.92 Å². The van der Waals surface area contributed by atoms with Crippen LogP contribution in [-0.4, -0.2) is 36.0 Å². The van der Waals surface area contributed by atoms with Crippen LogP contribution in [0.25, 0.3) is 0 Å². The zero-order valence-corrected chi connectivity index (χ0v) is 12.6. The van der Waals surface area contributed by atoms with Gasteiger partial charge in [0.05, 0.1) is 0 Å². The Morgan fingerprint density at radius 1 is 1.43 bits per heavy atom. The van der Waals surface area contributed by atoms with E-state index in [1.54, 1.807) is 7.05 Å². The molecule has 7 nitrogen and oxygen atoms in total. The van der Waals surface area contributed by atoms with Gasteiger partial charge < -0.3 is 10.5 Å². The van der Waals surface area contributed by atoms with Crippen molar-refractivity contribution < 1.29 is 10.1 Å². The summed E-state index contributed by atoms with van der Waals surface area (Å²) in [6.45, 7) is 1.87. The van der Waals surface area contributed by atoms with Crippen LogP contribution in [0.15, 0.2) is 17.2 Å². The van der Waals surface area contributed by atoms with E-state index < -0.39 is 5.79 Å². The molecule has 0 radical (unpaired) electrons. The molecule has 7 heteroatoms. The van der Waals surface area contributed by atoms with Crippen molar-refractivity contribution in [3.8, 4) is 0 Å². The van der Waals surface area contributed by atoms with Gasteiger partial charge in [-0.15, -0.1) is 0 Å². The van der Waals surface area contributed by atoms with Gasteiger partial charge in [0.25, 0.3) is 11.5 Å². The zero-order chi connectivity index (χ0) is 15.2. The van der Waals surface area contributed by atoms with Gasteiger partial charge in [-0.3, -0.25) is 10.5 Å². The molecule has 0 aromatic heterocycles. The molecule has 1 aromatic carbocycles. The fraction of sp³-hybridized carbons (Fsp3) is 0.571. The molecule has 2 aliphatic rings. The van der Waals surface area contributed by atoms with Crippen molar-refractivity contribution >= 4 is 11.4 Å². The number of likely N-dealkylation sites (N-methyl/N-ethyl adjacent to an activating group) is 1. The molecule has 0 saturated heterocycles. The van der Waals surface area contributed by atoms with Crippen molar-refractivity contribution in [2.24, 2.45) is 5.11 Å². The standard InChI is InChI=1S/C14H21N5O2/c1-4-14(16-3)17-19(21)13-8-10-6-11(15-2)5-9(10)7-12(13)18(14)20/h7-8,11,15-16,20H,4-6H2,1-3H3. The summed E-state index contributed by atoms with van der Waals surface area (Å²) in [6.07, 6.45) is 2.26. The molecule has 1 heterocycles. The van der Waals surface area contributed by atoms with Gasteiger partial charge in [-0.05, 0) is 49.0 Å². The highest BCUT2D eigenvalue weighted by Crippen LogP contribution is 2.41. The quantitative estimate of drug-likeness (QED) is 0.580. The van der Waals surface area contributed by atoms with Gasteiger partial charge in [0, 0.05) is 23.6 Å². The van der Waals surface area contributed by atoms with Gasteiger partial charge in [0.1, 0.15) is 5.69 Å². The van der Waals surface area contributed by atoms with Crippen LogP contribution in [0.5, 0.6) is 0 Å². The maximum Gasteiger partial charge on any atom is 0.272 e. The average Bonchev–Trinajstić information content (AvgIpc) is 2.91. The first kappa shape index (κ1) is 14.2. The van der Waals surface area contributed by atoms with Gasteiger partial charge >= 0.3 is 0 Å². The number of fused-ring (bicyclic) bond motifs is 2. The molecule has 114 valence electrons. The van der Waals surface area contributed by atoms with Crippen molar-refractivity contribution in [1.82, 2.24) is 10.6 Å². The molecule has 2 atom stereocenters. The third-order valence-electron chi connectivity index (χ3n) is 4.57. The lowest BCUT2D eigenvalue weighted by molar-refractivity contribution is -0.458. The minimum Gasteiger partial charge on any atom is -0.594 e. The lowest BCUT2D eigenvalue weighted by Gasteiger charge is -2.36. The number of azo groups is 1. The topological polar surface area (TPSA) is 86.0 Å². The smallest absolute Gasteiger partial charge is 0.272 e. The predicted octanol–water partition coefficient (Wildman–Crippen LogP) is 1.46. The van der Waals surface area contributed by atoms with Crippen LogP contribution in [0, 0.1) is 5.21 Å². The van der Waals surface area contributed by atoms with Crippen LogP contribution in [0.4, 0.5) is 11.4 Å². The number of rotatable bonds is 3. The van der Waals surface area contributed by atoms with E-state index in [0.29, 0.717) is 28.7 Å². The molecule has 1 aromatic rings. The molecule has 21 heavy (non-hydrogen) atoms. The average molecular weight is 291 g/mol. The second kappa shape index (κ2) is 4.94. The van der Waals surface area contributed by atoms with Crippen LogP contribution in [0.2, 0.25) is 0 Å². The summed E-state index contributed by atoms with van der Waals surface area (Å²) in [5.74, 6) is -1.11. The molecule has 0 saturated carbocycles. The summed E-state index contributed by atoms with van der Waals surface area (Å²) >= 11 is 0. The van der Waals surface area contributed by atoms with Crippen molar-refractivity contribution in [3.05, 3.63) is 28.5 Å². The molecular weight excluding hydrogens is 270 g/mol. The molecule has 0 amide bonds. The molecule has 0 spiro atoms. The number of benzene rings is 1. The minimum atomic E-state index is -1.11. The molecule has 2 unspecified atom stereocenters. The van der Waals surface area contributed by atoms with E-state index in [9.17, 15) is 10.4 Å². The van der Waals surface area contributed by atoms with Crippen LogP contribution in [0.3, 0.4) is 0 Å². The Morgan fingerprint density at radius 2 is 2.10 bits per heavy atom. The fourth-order valence-corrected chi connectivity index (χ4v) is 3.17.